The van der Waals surface area contributed by atoms with Crippen molar-refractivity contribution >= 4 is 22.5 Å². The molecule has 0 saturated carbocycles. The van der Waals surface area contributed by atoms with Crippen molar-refractivity contribution in [1.29, 1.82) is 0 Å². The van der Waals surface area contributed by atoms with Crippen molar-refractivity contribution in [2.45, 2.75) is 13.1 Å². The van der Waals surface area contributed by atoms with Crippen molar-refractivity contribution in [3.05, 3.63) is 65.7 Å². The van der Waals surface area contributed by atoms with Gasteiger partial charge in [0.15, 0.2) is 0 Å². The van der Waals surface area contributed by atoms with Crippen LogP contribution >= 0.6 is 0 Å². The number of imidazole rings is 1. The van der Waals surface area contributed by atoms with Crippen LogP contribution in [0.15, 0.2) is 48.9 Å². The van der Waals surface area contributed by atoms with Crippen molar-refractivity contribution in [3.8, 4) is 0 Å². The van der Waals surface area contributed by atoms with Gasteiger partial charge in [-0.2, -0.15) is 5.10 Å². The number of hydrogen-bond donors (Lipinski definition) is 3. The summed E-state index contributed by atoms with van der Waals surface area (Å²) in [4.78, 5) is 17.0. The lowest BCUT2D eigenvalue weighted by Crippen LogP contribution is -2.23. The van der Waals surface area contributed by atoms with Gasteiger partial charge >= 0.3 is 0 Å². The lowest BCUT2D eigenvalue weighted by Gasteiger charge is -2.04. The van der Waals surface area contributed by atoms with Crippen LogP contribution in [0.3, 0.4) is 0 Å². The van der Waals surface area contributed by atoms with Gasteiger partial charge in [-0.15, -0.1) is 0 Å². The Morgan fingerprint density at radius 1 is 1.20 bits per heavy atom. The lowest BCUT2D eigenvalue weighted by molar-refractivity contribution is 0.0952. The van der Waals surface area contributed by atoms with Crippen LogP contribution in [-0.4, -0.2) is 32.5 Å². The van der Waals surface area contributed by atoms with Gasteiger partial charge in [0.2, 0.25) is 0 Å². The summed E-state index contributed by atoms with van der Waals surface area (Å²) in [5, 5.41) is 13.7. The summed E-state index contributed by atoms with van der Waals surface area (Å²) >= 11 is 0. The van der Waals surface area contributed by atoms with E-state index in [1.54, 1.807) is 12.3 Å². The van der Waals surface area contributed by atoms with E-state index in [-0.39, 0.29) is 5.91 Å². The molecule has 25 heavy (non-hydrogen) atoms. The van der Waals surface area contributed by atoms with Gasteiger partial charge in [-0.05, 0) is 30.8 Å². The van der Waals surface area contributed by atoms with Crippen LogP contribution in [0.2, 0.25) is 0 Å². The Morgan fingerprint density at radius 2 is 2.12 bits per heavy atom. The third kappa shape index (κ3) is 2.97. The monoisotopic (exact) mass is 334 g/mol. The van der Waals surface area contributed by atoms with Crippen molar-refractivity contribution in [1.82, 2.24) is 30.2 Å². The largest absolute Gasteiger partial charge is 0.346 e. The normalized spacial score (nSPS) is 11.2. The topological polar surface area (TPSA) is 87.1 Å². The third-order valence-electron chi connectivity index (χ3n) is 4.10. The maximum Gasteiger partial charge on any atom is 0.252 e. The second kappa shape index (κ2) is 6.37. The van der Waals surface area contributed by atoms with Gasteiger partial charge in [0.1, 0.15) is 5.65 Å². The standard InChI is InChI=1S/C18H18N6O/c1-19-7-12-5-6-17-22-13(11-24(17)10-12)8-20-18(25)14-3-2-4-16-15(14)9-21-23-16/h2-6,9-11,19H,7-8H2,1H3,(H,20,25)(H,21,23). The molecule has 0 saturated heterocycles. The van der Waals surface area contributed by atoms with E-state index >= 15 is 0 Å². The Hall–Kier alpha value is -3.19. The highest BCUT2D eigenvalue weighted by molar-refractivity contribution is 6.05. The lowest BCUT2D eigenvalue weighted by atomic mass is 10.1. The second-order valence-electron chi connectivity index (χ2n) is 5.88. The summed E-state index contributed by atoms with van der Waals surface area (Å²) < 4.78 is 1.98. The fourth-order valence-electron chi connectivity index (χ4n) is 2.92. The molecule has 0 aliphatic carbocycles. The van der Waals surface area contributed by atoms with E-state index in [0.29, 0.717) is 12.1 Å². The first-order chi connectivity index (χ1) is 12.2. The summed E-state index contributed by atoms with van der Waals surface area (Å²) in [5.74, 6) is -0.139. The Labute approximate surface area is 144 Å². The van der Waals surface area contributed by atoms with E-state index in [9.17, 15) is 4.79 Å². The number of aromatic amines is 1. The molecule has 0 aliphatic heterocycles. The molecule has 0 aliphatic rings. The smallest absolute Gasteiger partial charge is 0.252 e. The molecular weight excluding hydrogens is 316 g/mol. The van der Waals surface area contributed by atoms with Gasteiger partial charge in [-0.25, -0.2) is 4.98 Å². The molecule has 0 atom stereocenters. The van der Waals surface area contributed by atoms with E-state index in [1.807, 2.05) is 48.1 Å². The number of benzene rings is 1. The number of fused-ring (bicyclic) bond motifs is 2. The predicted octanol–water partition coefficient (Wildman–Crippen LogP) is 1.86. The molecule has 3 N–H and O–H groups in total. The Kier molecular flexibility index (Phi) is 3.91. The van der Waals surface area contributed by atoms with Gasteiger partial charge < -0.3 is 15.0 Å². The average Bonchev–Trinajstić information content (AvgIpc) is 3.25. The third-order valence-corrected chi connectivity index (χ3v) is 4.10. The first kappa shape index (κ1) is 15.3. The van der Waals surface area contributed by atoms with Crippen LogP contribution in [0.25, 0.3) is 16.6 Å². The van der Waals surface area contributed by atoms with Crippen LogP contribution in [0.1, 0.15) is 21.6 Å². The first-order valence-corrected chi connectivity index (χ1v) is 8.06. The Balaban J connectivity index is 1.51. The summed E-state index contributed by atoms with van der Waals surface area (Å²) in [6.07, 6.45) is 5.64. The number of H-pyrrole nitrogens is 1. The zero-order chi connectivity index (χ0) is 17.2. The molecule has 0 unspecified atom stereocenters. The SMILES string of the molecule is CNCc1ccc2nc(CNC(=O)c3cccc4[nH]ncc34)cn2c1. The van der Waals surface area contributed by atoms with Gasteiger partial charge in [0.05, 0.1) is 29.5 Å². The van der Waals surface area contributed by atoms with Crippen molar-refractivity contribution in [2.75, 3.05) is 7.05 Å². The number of carbonyl (C=O) groups is 1. The molecule has 7 heteroatoms. The van der Waals surface area contributed by atoms with Gasteiger partial charge in [-0.1, -0.05) is 12.1 Å². The zero-order valence-corrected chi connectivity index (χ0v) is 13.8. The molecule has 3 aromatic heterocycles. The number of nitrogens with one attached hydrogen (secondary N) is 3. The molecule has 3 heterocycles. The van der Waals surface area contributed by atoms with Crippen LogP contribution in [0.4, 0.5) is 0 Å². The van der Waals surface area contributed by atoms with Gasteiger partial charge in [0.25, 0.3) is 5.91 Å². The van der Waals surface area contributed by atoms with Crippen molar-refractivity contribution < 1.29 is 4.79 Å². The predicted molar refractivity (Wildman–Crippen MR) is 95.2 cm³/mol. The van der Waals surface area contributed by atoms with Crippen LogP contribution in [-0.2, 0) is 13.1 Å². The minimum absolute atomic E-state index is 0.139. The molecule has 0 bridgehead atoms. The molecule has 4 rings (SSSR count). The highest BCUT2D eigenvalue weighted by Crippen LogP contribution is 2.16. The molecule has 0 spiro atoms. The fourth-order valence-corrected chi connectivity index (χ4v) is 2.92. The molecular formula is C18H18N6O. The molecule has 0 fully saturated rings. The number of aromatic nitrogens is 4. The molecule has 7 nitrogen and oxygen atoms in total. The molecule has 126 valence electrons. The average molecular weight is 334 g/mol. The highest BCUT2D eigenvalue weighted by atomic mass is 16.1. The minimum atomic E-state index is -0.139. The van der Waals surface area contributed by atoms with Crippen molar-refractivity contribution in [3.63, 3.8) is 0 Å². The summed E-state index contributed by atoms with van der Waals surface area (Å²) in [5.41, 5.74) is 4.30. The van der Waals surface area contributed by atoms with E-state index in [2.05, 4.69) is 25.8 Å². The number of hydrogen-bond acceptors (Lipinski definition) is 4. The molecule has 1 amide bonds. The summed E-state index contributed by atoms with van der Waals surface area (Å²) in [6, 6.07) is 9.54. The van der Waals surface area contributed by atoms with Crippen LogP contribution < -0.4 is 10.6 Å². The van der Waals surface area contributed by atoms with E-state index < -0.39 is 0 Å². The van der Waals surface area contributed by atoms with Gasteiger partial charge in [-0.3, -0.25) is 9.89 Å². The highest BCUT2D eigenvalue weighted by Gasteiger charge is 2.11. The molecule has 1 aromatic carbocycles. The fraction of sp³-hybridized carbons (Fsp3) is 0.167. The van der Waals surface area contributed by atoms with Crippen LogP contribution in [0, 0.1) is 0 Å². The summed E-state index contributed by atoms with van der Waals surface area (Å²) in [6.45, 7) is 1.17. The number of nitrogens with zero attached hydrogens (tertiary/aromatic N) is 3. The summed E-state index contributed by atoms with van der Waals surface area (Å²) in [7, 11) is 1.92. The Morgan fingerprint density at radius 3 is 3.00 bits per heavy atom. The quantitative estimate of drug-likeness (QED) is 0.520. The number of carbonyl (C=O) groups excluding carboxylic acids is 1. The number of amides is 1. The molecule has 4 aromatic rings. The number of pyridine rings is 1. The maximum absolute atomic E-state index is 12.5. The maximum atomic E-state index is 12.5. The van der Waals surface area contributed by atoms with Gasteiger partial charge in [0, 0.05) is 24.3 Å². The first-order valence-electron chi connectivity index (χ1n) is 8.06. The molecule has 0 radical (unpaired) electrons. The van der Waals surface area contributed by atoms with E-state index in [4.69, 9.17) is 0 Å². The van der Waals surface area contributed by atoms with Crippen molar-refractivity contribution in [2.24, 2.45) is 0 Å². The Bertz CT molecular complexity index is 1050. The minimum Gasteiger partial charge on any atom is -0.346 e. The second-order valence-corrected chi connectivity index (χ2v) is 5.88. The van der Waals surface area contributed by atoms with Crippen LogP contribution in [0.5, 0.6) is 0 Å². The zero-order valence-electron chi connectivity index (χ0n) is 13.8. The van der Waals surface area contributed by atoms with E-state index in [1.165, 1.54) is 5.56 Å². The number of rotatable bonds is 5. The van der Waals surface area contributed by atoms with E-state index in [0.717, 1.165) is 28.8 Å².